The van der Waals surface area contributed by atoms with E-state index in [-0.39, 0.29) is 11.2 Å². The lowest BCUT2D eigenvalue weighted by Crippen LogP contribution is -2.44. The Morgan fingerprint density at radius 1 is 1.22 bits per heavy atom. The predicted molar refractivity (Wildman–Crippen MR) is 75.8 cm³/mol. The Morgan fingerprint density at radius 3 is 2.33 bits per heavy atom. The van der Waals surface area contributed by atoms with Gasteiger partial charge in [-0.05, 0) is 37.1 Å². The van der Waals surface area contributed by atoms with Gasteiger partial charge in [0.25, 0.3) is 0 Å². The van der Waals surface area contributed by atoms with Crippen molar-refractivity contribution in [1.29, 1.82) is 0 Å². The molecule has 0 bridgehead atoms. The average Bonchev–Trinajstić information content (AvgIpc) is 2.36. The first kappa shape index (κ1) is 15.9. The van der Waals surface area contributed by atoms with Crippen LogP contribution in [-0.4, -0.2) is 27.3 Å². The smallest absolute Gasteiger partial charge is 0.211 e. The third-order valence-corrected chi connectivity index (χ3v) is 5.34. The van der Waals surface area contributed by atoms with Crippen molar-refractivity contribution in [3.8, 4) is 0 Å². The van der Waals surface area contributed by atoms with Gasteiger partial charge in [0.15, 0.2) is 0 Å². The first-order valence-corrected chi connectivity index (χ1v) is 8.72. The van der Waals surface area contributed by atoms with E-state index in [1.807, 2.05) is 13.8 Å². The van der Waals surface area contributed by atoms with Crippen molar-refractivity contribution in [2.45, 2.75) is 52.4 Å². The summed E-state index contributed by atoms with van der Waals surface area (Å²) < 4.78 is 26.5. The van der Waals surface area contributed by atoms with E-state index in [2.05, 4.69) is 4.72 Å². The van der Waals surface area contributed by atoms with Crippen molar-refractivity contribution in [2.75, 3.05) is 18.8 Å². The maximum atomic E-state index is 11.9. The van der Waals surface area contributed by atoms with Crippen molar-refractivity contribution >= 4 is 10.0 Å². The van der Waals surface area contributed by atoms with Crippen LogP contribution in [0, 0.1) is 11.3 Å². The number of hydrogen-bond donors (Lipinski definition) is 2. The molecule has 0 spiro atoms. The number of nitrogens with two attached hydrogens (primary N) is 1. The largest absolute Gasteiger partial charge is 0.330 e. The minimum absolute atomic E-state index is 0.00313. The fourth-order valence-electron chi connectivity index (χ4n) is 2.48. The number of hydrogen-bond acceptors (Lipinski definition) is 3. The molecular formula is C13H28N2O2S. The lowest BCUT2D eigenvalue weighted by atomic mass is 9.74. The van der Waals surface area contributed by atoms with E-state index in [1.54, 1.807) is 0 Å². The lowest BCUT2D eigenvalue weighted by Gasteiger charge is -2.36. The molecule has 5 heteroatoms. The van der Waals surface area contributed by atoms with Gasteiger partial charge in [0.05, 0.1) is 5.75 Å². The summed E-state index contributed by atoms with van der Waals surface area (Å²) in [6.07, 6.45) is 6.41. The van der Waals surface area contributed by atoms with Crippen molar-refractivity contribution in [3.63, 3.8) is 0 Å². The molecule has 18 heavy (non-hydrogen) atoms. The normalized spacial score (nSPS) is 20.2. The highest BCUT2D eigenvalue weighted by atomic mass is 32.2. The molecule has 1 saturated carbocycles. The topological polar surface area (TPSA) is 72.2 Å². The summed E-state index contributed by atoms with van der Waals surface area (Å²) in [6, 6.07) is 0. The van der Waals surface area contributed by atoms with E-state index in [0.29, 0.717) is 25.4 Å². The van der Waals surface area contributed by atoms with Crippen LogP contribution in [0.5, 0.6) is 0 Å². The minimum atomic E-state index is -3.13. The summed E-state index contributed by atoms with van der Waals surface area (Å²) in [7, 11) is -3.13. The molecule has 0 amide bonds. The molecule has 3 N–H and O–H groups in total. The predicted octanol–water partition coefficient (Wildman–Crippen LogP) is 1.86. The monoisotopic (exact) mass is 276 g/mol. The number of sulfonamides is 1. The van der Waals surface area contributed by atoms with E-state index in [1.165, 1.54) is 19.3 Å². The van der Waals surface area contributed by atoms with Crippen molar-refractivity contribution in [1.82, 2.24) is 4.72 Å². The molecule has 0 atom stereocenters. The van der Waals surface area contributed by atoms with Crippen LogP contribution in [0.2, 0.25) is 0 Å². The molecule has 0 radical (unpaired) electrons. The van der Waals surface area contributed by atoms with Crippen molar-refractivity contribution in [2.24, 2.45) is 17.1 Å². The van der Waals surface area contributed by atoms with E-state index in [4.69, 9.17) is 5.73 Å². The Kier molecular flexibility index (Phi) is 6.08. The molecule has 0 saturated heterocycles. The number of rotatable bonds is 7. The second-order valence-corrected chi connectivity index (χ2v) is 8.01. The van der Waals surface area contributed by atoms with Crippen LogP contribution >= 0.6 is 0 Å². The molecule has 4 nitrogen and oxygen atoms in total. The fraction of sp³-hybridized carbons (Fsp3) is 1.00. The summed E-state index contributed by atoms with van der Waals surface area (Å²) >= 11 is 0. The Bertz CT molecular complexity index is 333. The van der Waals surface area contributed by atoms with Crippen LogP contribution in [0.25, 0.3) is 0 Å². The Labute approximate surface area is 112 Å². The summed E-state index contributed by atoms with van der Waals surface area (Å²) in [4.78, 5) is 0. The second-order valence-electron chi connectivity index (χ2n) is 6.09. The fourth-order valence-corrected chi connectivity index (χ4v) is 3.93. The van der Waals surface area contributed by atoms with E-state index in [9.17, 15) is 8.42 Å². The SMILES string of the molecule is CC(C)CCS(=O)(=O)NCC1(CN)CCCCC1. The molecular weight excluding hydrogens is 248 g/mol. The van der Waals surface area contributed by atoms with Crippen LogP contribution < -0.4 is 10.5 Å². The van der Waals surface area contributed by atoms with E-state index < -0.39 is 10.0 Å². The molecule has 0 aromatic heterocycles. The van der Waals surface area contributed by atoms with Crippen LogP contribution in [0.3, 0.4) is 0 Å². The molecule has 108 valence electrons. The highest BCUT2D eigenvalue weighted by Gasteiger charge is 2.31. The molecule has 0 aliphatic heterocycles. The van der Waals surface area contributed by atoms with Gasteiger partial charge in [0.1, 0.15) is 0 Å². The highest BCUT2D eigenvalue weighted by Crippen LogP contribution is 2.34. The second kappa shape index (κ2) is 6.87. The standard InChI is InChI=1S/C13H28N2O2S/c1-12(2)6-9-18(16,17)15-11-13(10-14)7-4-3-5-8-13/h12,15H,3-11,14H2,1-2H3. The molecule has 0 aromatic carbocycles. The highest BCUT2D eigenvalue weighted by molar-refractivity contribution is 7.89. The number of nitrogens with one attached hydrogen (secondary N) is 1. The van der Waals surface area contributed by atoms with Gasteiger partial charge < -0.3 is 5.73 Å². The molecule has 0 aromatic rings. The van der Waals surface area contributed by atoms with Gasteiger partial charge in [-0.3, -0.25) is 0 Å². The minimum Gasteiger partial charge on any atom is -0.330 e. The summed E-state index contributed by atoms with van der Waals surface area (Å²) in [5.74, 6) is 0.644. The van der Waals surface area contributed by atoms with E-state index >= 15 is 0 Å². The van der Waals surface area contributed by atoms with E-state index in [0.717, 1.165) is 12.8 Å². The molecule has 0 unspecified atom stereocenters. The summed E-state index contributed by atoms with van der Waals surface area (Å²) in [5, 5.41) is 0. The molecule has 1 fully saturated rings. The van der Waals surface area contributed by atoms with Crippen LogP contribution in [0.1, 0.15) is 52.4 Å². The van der Waals surface area contributed by atoms with Gasteiger partial charge in [0.2, 0.25) is 10.0 Å². The maximum absolute atomic E-state index is 11.9. The van der Waals surface area contributed by atoms with Gasteiger partial charge in [-0.2, -0.15) is 0 Å². The van der Waals surface area contributed by atoms with Gasteiger partial charge in [-0.25, -0.2) is 13.1 Å². The molecule has 1 rings (SSSR count). The van der Waals surface area contributed by atoms with Gasteiger partial charge >= 0.3 is 0 Å². The van der Waals surface area contributed by atoms with Gasteiger partial charge in [0, 0.05) is 6.54 Å². The first-order valence-electron chi connectivity index (χ1n) is 7.07. The quantitative estimate of drug-likeness (QED) is 0.745. The zero-order valence-electron chi connectivity index (χ0n) is 11.7. The Hall–Kier alpha value is -0.130. The summed E-state index contributed by atoms with van der Waals surface area (Å²) in [6.45, 7) is 5.18. The summed E-state index contributed by atoms with van der Waals surface area (Å²) in [5.41, 5.74) is 5.86. The maximum Gasteiger partial charge on any atom is 0.211 e. The van der Waals surface area contributed by atoms with Crippen LogP contribution in [0.15, 0.2) is 0 Å². The first-order chi connectivity index (χ1) is 8.39. The molecule has 1 aliphatic rings. The van der Waals surface area contributed by atoms with Gasteiger partial charge in [-0.15, -0.1) is 0 Å². The zero-order valence-corrected chi connectivity index (χ0v) is 12.6. The average molecular weight is 276 g/mol. The molecule has 0 heterocycles. The van der Waals surface area contributed by atoms with Crippen LogP contribution in [0.4, 0.5) is 0 Å². The third kappa shape index (κ3) is 5.24. The lowest BCUT2D eigenvalue weighted by molar-refractivity contribution is 0.202. The van der Waals surface area contributed by atoms with Crippen molar-refractivity contribution < 1.29 is 8.42 Å². The van der Waals surface area contributed by atoms with Crippen LogP contribution in [-0.2, 0) is 10.0 Å². The van der Waals surface area contributed by atoms with Gasteiger partial charge in [-0.1, -0.05) is 33.1 Å². The zero-order chi connectivity index (χ0) is 13.6. The van der Waals surface area contributed by atoms with Crippen molar-refractivity contribution in [3.05, 3.63) is 0 Å². The Morgan fingerprint density at radius 2 is 1.83 bits per heavy atom. The Balaban J connectivity index is 2.46. The molecule has 1 aliphatic carbocycles. The third-order valence-electron chi connectivity index (χ3n) is 3.98.